The van der Waals surface area contributed by atoms with E-state index in [0.29, 0.717) is 5.75 Å². The van der Waals surface area contributed by atoms with Gasteiger partial charge in [0.25, 0.3) is 0 Å². The van der Waals surface area contributed by atoms with E-state index in [0.717, 1.165) is 22.0 Å². The van der Waals surface area contributed by atoms with Gasteiger partial charge in [-0.05, 0) is 54.2 Å². The number of carboxylic acids is 1. The Labute approximate surface area is 252 Å². The molecule has 230 valence electrons. The number of carboxylic acid groups (broad SMARTS) is 1. The molecule has 1 aromatic heterocycles. The third kappa shape index (κ3) is 10.3. The van der Waals surface area contributed by atoms with E-state index in [4.69, 9.17) is 5.73 Å². The van der Waals surface area contributed by atoms with Crippen molar-refractivity contribution in [2.75, 3.05) is 25.1 Å². The summed E-state index contributed by atoms with van der Waals surface area (Å²) >= 11 is 1.45. The molecule has 0 fully saturated rings. The molecule has 0 aliphatic carbocycles. The average molecular weight is 613 g/mol. The van der Waals surface area contributed by atoms with Gasteiger partial charge in [-0.25, -0.2) is 4.79 Å². The fourth-order valence-corrected chi connectivity index (χ4v) is 4.73. The maximum atomic E-state index is 13.2. The Bertz CT molecular complexity index is 1430. The number of nitrogens with one attached hydrogen (secondary N) is 5. The second-order valence-electron chi connectivity index (χ2n) is 9.84. The fourth-order valence-electron chi connectivity index (χ4n) is 4.26. The van der Waals surface area contributed by atoms with Crippen molar-refractivity contribution in [2.24, 2.45) is 5.73 Å². The average Bonchev–Trinajstić information content (AvgIpc) is 3.40. The summed E-state index contributed by atoms with van der Waals surface area (Å²) in [4.78, 5) is 65.3. The van der Waals surface area contributed by atoms with Crippen molar-refractivity contribution in [3.63, 3.8) is 0 Å². The van der Waals surface area contributed by atoms with E-state index in [2.05, 4.69) is 26.3 Å². The third-order valence-electron chi connectivity index (χ3n) is 6.57. The van der Waals surface area contributed by atoms with E-state index < -0.39 is 60.8 Å². The monoisotopic (exact) mass is 612 g/mol. The van der Waals surface area contributed by atoms with Gasteiger partial charge in [0.05, 0.1) is 19.1 Å². The van der Waals surface area contributed by atoms with Crippen molar-refractivity contribution in [3.8, 4) is 5.75 Å². The quantitative estimate of drug-likeness (QED) is 0.109. The van der Waals surface area contributed by atoms with Crippen molar-refractivity contribution in [1.82, 2.24) is 26.3 Å². The van der Waals surface area contributed by atoms with Gasteiger partial charge in [0.1, 0.15) is 17.8 Å². The van der Waals surface area contributed by atoms with Gasteiger partial charge < -0.3 is 42.2 Å². The lowest BCUT2D eigenvalue weighted by Gasteiger charge is -2.21. The normalized spacial score (nSPS) is 13.0. The SMILES string of the molecule is CSCC[C@H](NC(=O)[C@@H](Cc1c[nH]c2ccccc12)NC(=O)CNC(=O)CNC(=O)[C@@H](N)Cc1ccc(O)cc1)C(=O)O. The first-order valence-corrected chi connectivity index (χ1v) is 14.9. The van der Waals surface area contributed by atoms with Crippen LogP contribution in [0.4, 0.5) is 0 Å². The molecule has 0 saturated carbocycles. The zero-order chi connectivity index (χ0) is 31.4. The Morgan fingerprint density at radius 1 is 0.884 bits per heavy atom. The van der Waals surface area contributed by atoms with E-state index in [1.165, 1.54) is 23.9 Å². The summed E-state index contributed by atoms with van der Waals surface area (Å²) < 4.78 is 0. The Hall–Kier alpha value is -4.56. The number of rotatable bonds is 16. The highest BCUT2D eigenvalue weighted by Crippen LogP contribution is 2.19. The number of carbonyl (C=O) groups excluding carboxylic acids is 4. The second kappa shape index (κ2) is 16.2. The van der Waals surface area contributed by atoms with E-state index in [9.17, 15) is 34.2 Å². The Balaban J connectivity index is 1.56. The van der Waals surface area contributed by atoms with Crippen LogP contribution in [0.1, 0.15) is 17.5 Å². The van der Waals surface area contributed by atoms with Gasteiger partial charge in [0.2, 0.25) is 23.6 Å². The van der Waals surface area contributed by atoms with E-state index >= 15 is 0 Å². The number of aromatic nitrogens is 1. The van der Waals surface area contributed by atoms with Crippen LogP contribution in [-0.4, -0.2) is 88.0 Å². The Morgan fingerprint density at radius 3 is 2.28 bits per heavy atom. The molecule has 0 aliphatic heterocycles. The Morgan fingerprint density at radius 2 is 1.58 bits per heavy atom. The van der Waals surface area contributed by atoms with Gasteiger partial charge >= 0.3 is 5.97 Å². The largest absolute Gasteiger partial charge is 0.508 e. The van der Waals surface area contributed by atoms with Crippen LogP contribution >= 0.6 is 11.8 Å². The molecule has 3 aromatic rings. The molecule has 1 heterocycles. The number of aliphatic carboxylic acids is 1. The van der Waals surface area contributed by atoms with Crippen LogP contribution in [0.25, 0.3) is 10.9 Å². The predicted molar refractivity (Wildman–Crippen MR) is 162 cm³/mol. The fraction of sp³-hybridized carbons (Fsp3) is 0.345. The minimum Gasteiger partial charge on any atom is -0.508 e. The van der Waals surface area contributed by atoms with Crippen molar-refractivity contribution < 1.29 is 34.2 Å². The van der Waals surface area contributed by atoms with Crippen molar-refractivity contribution in [3.05, 3.63) is 65.9 Å². The number of aromatic hydroxyl groups is 1. The van der Waals surface area contributed by atoms with Crippen LogP contribution in [0.5, 0.6) is 5.75 Å². The van der Waals surface area contributed by atoms with Crippen LogP contribution in [0.2, 0.25) is 0 Å². The second-order valence-corrected chi connectivity index (χ2v) is 10.8. The predicted octanol–water partition coefficient (Wildman–Crippen LogP) is 0.0257. The molecule has 2 aromatic carbocycles. The number of thioether (sulfide) groups is 1. The van der Waals surface area contributed by atoms with Crippen molar-refractivity contribution in [1.29, 1.82) is 0 Å². The summed E-state index contributed by atoms with van der Waals surface area (Å²) in [5.41, 5.74) is 8.20. The van der Waals surface area contributed by atoms with E-state index in [-0.39, 0.29) is 25.0 Å². The number of para-hydroxylation sites is 1. The molecule has 0 saturated heterocycles. The topological polar surface area (TPSA) is 216 Å². The molecule has 3 rings (SSSR count). The number of hydrogen-bond acceptors (Lipinski definition) is 8. The standard InChI is InChI=1S/C29H36N6O7S/c1-43-11-10-23(29(41)42)35-28(40)24(13-18-14-31-22-5-3-2-4-20(18)22)34-26(38)16-32-25(37)15-33-27(39)21(30)12-17-6-8-19(36)9-7-17/h2-9,14,21,23-24,31,36H,10-13,15-16,30H2,1H3,(H,32,37)(H,33,39)(H,34,38)(H,35,40)(H,41,42)/t21-,23-,24+/m0/s1. The molecular weight excluding hydrogens is 576 g/mol. The van der Waals surface area contributed by atoms with Gasteiger partial charge in [-0.2, -0.15) is 11.8 Å². The summed E-state index contributed by atoms with van der Waals surface area (Å²) in [5, 5.41) is 29.7. The summed E-state index contributed by atoms with van der Waals surface area (Å²) in [5.74, 6) is -3.16. The van der Waals surface area contributed by atoms with Crippen LogP contribution in [-0.2, 0) is 36.8 Å². The number of nitrogens with two attached hydrogens (primary N) is 1. The first kappa shape index (κ1) is 32.9. The maximum absolute atomic E-state index is 13.2. The van der Waals surface area contributed by atoms with Gasteiger partial charge in [-0.1, -0.05) is 30.3 Å². The van der Waals surface area contributed by atoms with Crippen LogP contribution in [0.15, 0.2) is 54.7 Å². The molecular formula is C29H36N6O7S. The number of fused-ring (bicyclic) bond motifs is 1. The van der Waals surface area contributed by atoms with Crippen LogP contribution < -0.4 is 27.0 Å². The van der Waals surface area contributed by atoms with Gasteiger partial charge in [-0.3, -0.25) is 19.2 Å². The first-order valence-electron chi connectivity index (χ1n) is 13.5. The lowest BCUT2D eigenvalue weighted by molar-refractivity contribution is -0.142. The number of aromatic amines is 1. The molecule has 0 spiro atoms. The summed E-state index contributed by atoms with van der Waals surface area (Å²) in [6.07, 6.45) is 4.01. The maximum Gasteiger partial charge on any atom is 0.326 e. The lowest BCUT2D eigenvalue weighted by Crippen LogP contribution is -2.54. The summed E-state index contributed by atoms with van der Waals surface area (Å²) in [6.45, 7) is -0.912. The van der Waals surface area contributed by atoms with E-state index in [1.54, 1.807) is 18.3 Å². The zero-order valence-corrected chi connectivity index (χ0v) is 24.4. The molecule has 43 heavy (non-hydrogen) atoms. The minimum absolute atomic E-state index is 0.0688. The number of benzene rings is 2. The first-order chi connectivity index (χ1) is 20.6. The number of H-pyrrole nitrogens is 1. The number of carbonyl (C=O) groups is 5. The molecule has 4 amide bonds. The van der Waals surface area contributed by atoms with Gasteiger partial charge in [0.15, 0.2) is 0 Å². The molecule has 9 N–H and O–H groups in total. The van der Waals surface area contributed by atoms with Crippen molar-refractivity contribution >= 4 is 52.3 Å². The zero-order valence-electron chi connectivity index (χ0n) is 23.6. The summed E-state index contributed by atoms with van der Waals surface area (Å²) in [7, 11) is 0. The van der Waals surface area contributed by atoms with Crippen LogP contribution in [0.3, 0.4) is 0 Å². The molecule has 14 heteroatoms. The van der Waals surface area contributed by atoms with Crippen molar-refractivity contribution in [2.45, 2.75) is 37.4 Å². The lowest BCUT2D eigenvalue weighted by atomic mass is 10.0. The molecule has 13 nitrogen and oxygen atoms in total. The van der Waals surface area contributed by atoms with Gasteiger partial charge in [0, 0.05) is 23.5 Å². The molecule has 0 radical (unpaired) electrons. The minimum atomic E-state index is -1.18. The molecule has 0 aliphatic rings. The number of phenols is 1. The number of hydrogen-bond donors (Lipinski definition) is 8. The highest BCUT2D eigenvalue weighted by atomic mass is 32.2. The smallest absolute Gasteiger partial charge is 0.326 e. The molecule has 3 atom stereocenters. The molecule has 0 bridgehead atoms. The molecule has 0 unspecified atom stereocenters. The van der Waals surface area contributed by atoms with Gasteiger partial charge in [-0.15, -0.1) is 0 Å². The summed E-state index contributed by atoms with van der Waals surface area (Å²) in [6, 6.07) is 10.4. The number of phenolic OH excluding ortho intramolecular Hbond substituents is 1. The number of amides is 4. The van der Waals surface area contributed by atoms with E-state index in [1.807, 2.05) is 30.5 Å². The highest BCUT2D eigenvalue weighted by Gasteiger charge is 2.27. The third-order valence-corrected chi connectivity index (χ3v) is 7.22. The van der Waals surface area contributed by atoms with Crippen LogP contribution in [0, 0.1) is 0 Å². The highest BCUT2D eigenvalue weighted by molar-refractivity contribution is 7.98. The Kier molecular flexibility index (Phi) is 12.4.